The number of halogens is 3. The second-order valence-electron chi connectivity index (χ2n) is 9.53. The third-order valence-electron chi connectivity index (χ3n) is 6.80. The van der Waals surface area contributed by atoms with E-state index in [1.165, 1.54) is 31.3 Å². The average molecular weight is 500 g/mol. The summed E-state index contributed by atoms with van der Waals surface area (Å²) in [6, 6.07) is 13.7. The predicted octanol–water partition coefficient (Wildman–Crippen LogP) is 6.96. The Kier molecular flexibility index (Phi) is 7.71. The van der Waals surface area contributed by atoms with Gasteiger partial charge in [-0.25, -0.2) is 9.78 Å². The minimum atomic E-state index is -4.46. The van der Waals surface area contributed by atoms with Crippen LogP contribution in [0.3, 0.4) is 0 Å². The highest BCUT2D eigenvalue weighted by Gasteiger charge is 2.31. The maximum Gasteiger partial charge on any atom is 0.416 e. The normalized spacial score (nSPS) is 13.9. The van der Waals surface area contributed by atoms with Crippen LogP contribution < -0.4 is 4.90 Å². The van der Waals surface area contributed by atoms with Gasteiger partial charge >= 0.3 is 12.3 Å². The zero-order valence-corrected chi connectivity index (χ0v) is 20.9. The summed E-state index contributed by atoms with van der Waals surface area (Å²) in [7, 11) is 1.28. The summed E-state index contributed by atoms with van der Waals surface area (Å²) in [5, 5.41) is 0.940. The maximum atomic E-state index is 13.4. The molecule has 1 aromatic heterocycles. The molecule has 192 valence electrons. The topological polar surface area (TPSA) is 45.7 Å². The van der Waals surface area contributed by atoms with Gasteiger partial charge in [0.1, 0.15) is 5.82 Å². The van der Waals surface area contributed by atoms with E-state index in [9.17, 15) is 18.0 Å². The molecule has 5 nitrogen and oxygen atoms in total. The Bertz CT molecular complexity index is 1220. The molecule has 1 aliphatic rings. The van der Waals surface area contributed by atoms with Crippen LogP contribution in [0.4, 0.5) is 23.8 Å². The first-order valence-electron chi connectivity index (χ1n) is 12.3. The second-order valence-corrected chi connectivity index (χ2v) is 9.53. The summed E-state index contributed by atoms with van der Waals surface area (Å²) in [4.78, 5) is 21.4. The van der Waals surface area contributed by atoms with E-state index >= 15 is 0 Å². The summed E-state index contributed by atoms with van der Waals surface area (Å²) in [5.41, 5.74) is 1.85. The number of fused-ring (bicyclic) bond motifs is 1. The minimum Gasteiger partial charge on any atom is -0.453 e. The van der Waals surface area contributed by atoms with Crippen LogP contribution in [0.15, 0.2) is 48.5 Å². The van der Waals surface area contributed by atoms with Gasteiger partial charge in [0.25, 0.3) is 0 Å². The Morgan fingerprint density at radius 3 is 2.50 bits per heavy atom. The van der Waals surface area contributed by atoms with Crippen LogP contribution in [0.2, 0.25) is 0 Å². The molecule has 0 bridgehead atoms. The SMILES string of the molecule is CCN(CC1CCC1)c1nc2ccccc2cc1CN(Cc1cc(C)cc(C(F)(F)F)c1)C(=O)OC. The summed E-state index contributed by atoms with van der Waals surface area (Å²) in [5.74, 6) is 1.42. The number of benzene rings is 2. The first-order chi connectivity index (χ1) is 17.2. The fourth-order valence-corrected chi connectivity index (χ4v) is 4.75. The molecular formula is C28H32F3N3O2. The lowest BCUT2D eigenvalue weighted by Gasteiger charge is -2.34. The molecule has 3 aromatic rings. The summed E-state index contributed by atoms with van der Waals surface area (Å²) in [6.45, 7) is 5.50. The van der Waals surface area contributed by atoms with E-state index in [-0.39, 0.29) is 13.1 Å². The monoisotopic (exact) mass is 499 g/mol. The summed E-state index contributed by atoms with van der Waals surface area (Å²) in [6.07, 6.45) is -1.43. The largest absolute Gasteiger partial charge is 0.453 e. The van der Waals surface area contributed by atoms with Crippen molar-refractivity contribution in [1.82, 2.24) is 9.88 Å². The Morgan fingerprint density at radius 1 is 1.11 bits per heavy atom. The van der Waals surface area contributed by atoms with E-state index in [4.69, 9.17) is 9.72 Å². The average Bonchev–Trinajstić information content (AvgIpc) is 2.81. The van der Waals surface area contributed by atoms with E-state index in [1.807, 2.05) is 30.3 Å². The molecule has 1 amide bonds. The first-order valence-corrected chi connectivity index (χ1v) is 12.3. The lowest BCUT2D eigenvalue weighted by Crippen LogP contribution is -2.35. The van der Waals surface area contributed by atoms with E-state index in [1.54, 1.807) is 13.0 Å². The number of alkyl halides is 3. The molecule has 8 heteroatoms. The number of carbonyl (C=O) groups is 1. The summed E-state index contributed by atoms with van der Waals surface area (Å²) < 4.78 is 45.2. The van der Waals surface area contributed by atoms with Gasteiger partial charge in [-0.3, -0.25) is 4.90 Å². The molecule has 0 aliphatic heterocycles. The van der Waals surface area contributed by atoms with Crippen molar-refractivity contribution in [3.63, 3.8) is 0 Å². The minimum absolute atomic E-state index is 0.0154. The van der Waals surface area contributed by atoms with Crippen molar-refractivity contribution in [3.05, 3.63) is 70.8 Å². The summed E-state index contributed by atoms with van der Waals surface area (Å²) >= 11 is 0. The standard InChI is InChI=1S/C28H32F3N3O2/c1-4-33(16-20-8-7-9-20)26-23(15-22-10-5-6-11-25(22)32-26)18-34(27(35)36-3)17-21-12-19(2)13-24(14-21)28(29,30)31/h5-6,10-15,20H,4,7-9,16-18H2,1-3H3. The highest BCUT2D eigenvalue weighted by Crippen LogP contribution is 2.33. The smallest absolute Gasteiger partial charge is 0.416 e. The molecule has 0 N–H and O–H groups in total. The number of para-hydroxylation sites is 1. The molecule has 1 saturated carbocycles. The second kappa shape index (κ2) is 10.8. The van der Waals surface area contributed by atoms with Gasteiger partial charge in [0.2, 0.25) is 0 Å². The lowest BCUT2D eigenvalue weighted by atomic mass is 9.85. The maximum absolute atomic E-state index is 13.4. The van der Waals surface area contributed by atoms with Gasteiger partial charge in [-0.2, -0.15) is 13.2 Å². The molecule has 0 saturated heterocycles. The van der Waals surface area contributed by atoms with E-state index in [0.717, 1.165) is 47.5 Å². The number of aromatic nitrogens is 1. The predicted molar refractivity (Wildman–Crippen MR) is 135 cm³/mol. The molecule has 0 radical (unpaired) electrons. The number of methoxy groups -OCH3 is 1. The van der Waals surface area contributed by atoms with Crippen molar-refractivity contribution in [3.8, 4) is 0 Å². The quantitative estimate of drug-likeness (QED) is 0.336. The Morgan fingerprint density at radius 2 is 1.86 bits per heavy atom. The number of anilines is 1. The number of aryl methyl sites for hydroxylation is 1. The highest BCUT2D eigenvalue weighted by atomic mass is 19.4. The van der Waals surface area contributed by atoms with Crippen molar-refractivity contribution in [2.24, 2.45) is 5.92 Å². The zero-order valence-electron chi connectivity index (χ0n) is 20.9. The van der Waals surface area contributed by atoms with E-state index in [0.29, 0.717) is 17.0 Å². The number of rotatable bonds is 8. The van der Waals surface area contributed by atoms with Gasteiger partial charge in [0.15, 0.2) is 0 Å². The van der Waals surface area contributed by atoms with Crippen molar-refractivity contribution in [1.29, 1.82) is 0 Å². The van der Waals surface area contributed by atoms with Crippen LogP contribution in [-0.4, -0.2) is 36.2 Å². The van der Waals surface area contributed by atoms with Crippen LogP contribution >= 0.6 is 0 Å². The number of nitrogens with zero attached hydrogens (tertiary/aromatic N) is 3. The molecule has 2 aromatic carbocycles. The number of carbonyl (C=O) groups excluding carboxylic acids is 1. The van der Waals surface area contributed by atoms with E-state index in [2.05, 4.69) is 11.8 Å². The van der Waals surface area contributed by atoms with Crippen LogP contribution in [-0.2, 0) is 24.0 Å². The van der Waals surface area contributed by atoms with Crippen molar-refractivity contribution in [2.75, 3.05) is 25.1 Å². The van der Waals surface area contributed by atoms with Crippen molar-refractivity contribution >= 4 is 22.8 Å². The fourth-order valence-electron chi connectivity index (χ4n) is 4.75. The molecule has 4 rings (SSSR count). The van der Waals surface area contributed by atoms with Gasteiger partial charge in [-0.1, -0.05) is 36.2 Å². The van der Waals surface area contributed by atoms with Crippen LogP contribution in [0.5, 0.6) is 0 Å². The Hall–Kier alpha value is -3.29. The third-order valence-corrected chi connectivity index (χ3v) is 6.80. The van der Waals surface area contributed by atoms with E-state index < -0.39 is 17.8 Å². The van der Waals surface area contributed by atoms with Gasteiger partial charge in [0, 0.05) is 30.6 Å². The third kappa shape index (κ3) is 5.91. The number of hydrogen-bond acceptors (Lipinski definition) is 4. The molecule has 0 spiro atoms. The number of pyridine rings is 1. The molecule has 36 heavy (non-hydrogen) atoms. The zero-order chi connectivity index (χ0) is 25.9. The molecule has 1 heterocycles. The molecule has 0 unspecified atom stereocenters. The van der Waals surface area contributed by atoms with Crippen LogP contribution in [0.1, 0.15) is 48.4 Å². The molecular weight excluding hydrogens is 467 g/mol. The van der Waals surface area contributed by atoms with Gasteiger partial charge in [0.05, 0.1) is 24.7 Å². The Balaban J connectivity index is 1.71. The number of hydrogen-bond donors (Lipinski definition) is 0. The number of amides is 1. The van der Waals surface area contributed by atoms with Crippen LogP contribution in [0, 0.1) is 12.8 Å². The Labute approximate surface area is 209 Å². The van der Waals surface area contributed by atoms with Crippen LogP contribution in [0.25, 0.3) is 10.9 Å². The van der Waals surface area contributed by atoms with Crippen molar-refractivity contribution in [2.45, 2.75) is 52.4 Å². The molecule has 0 atom stereocenters. The highest BCUT2D eigenvalue weighted by molar-refractivity contribution is 5.82. The van der Waals surface area contributed by atoms with Gasteiger partial charge in [-0.05, 0) is 62.4 Å². The fraction of sp³-hybridized carbons (Fsp3) is 0.429. The molecule has 1 fully saturated rings. The lowest BCUT2D eigenvalue weighted by molar-refractivity contribution is -0.137. The number of ether oxygens (including phenoxy) is 1. The van der Waals surface area contributed by atoms with Crippen molar-refractivity contribution < 1.29 is 22.7 Å². The van der Waals surface area contributed by atoms with Gasteiger partial charge in [-0.15, -0.1) is 0 Å². The first kappa shape index (κ1) is 25.8. The van der Waals surface area contributed by atoms with Gasteiger partial charge < -0.3 is 9.64 Å². The molecule has 1 aliphatic carbocycles.